The number of methoxy groups -OCH3 is 1. The van der Waals surface area contributed by atoms with Crippen LogP contribution in [0, 0.1) is 0 Å². The van der Waals surface area contributed by atoms with E-state index < -0.39 is 36.3 Å². The predicted octanol–water partition coefficient (Wildman–Crippen LogP) is 1.05. The molecule has 1 heterocycles. The van der Waals surface area contributed by atoms with Crippen molar-refractivity contribution in [2.45, 2.75) is 13.0 Å². The SMILES string of the molecule is COc1ccc(/C=C/C(=O)N[C@@H](C)C(=O)OCC(=O)NC(=O)c2cccn2C)cc1. The summed E-state index contributed by atoms with van der Waals surface area (Å²) in [5.41, 5.74) is 1.07. The fourth-order valence-corrected chi connectivity index (χ4v) is 2.39. The van der Waals surface area contributed by atoms with Gasteiger partial charge in [0, 0.05) is 19.3 Å². The molecule has 9 heteroatoms. The highest BCUT2D eigenvalue weighted by Gasteiger charge is 2.19. The second-order valence-electron chi connectivity index (χ2n) is 6.33. The summed E-state index contributed by atoms with van der Waals surface area (Å²) in [6.07, 6.45) is 4.51. The number of aromatic nitrogens is 1. The number of imide groups is 1. The first kappa shape index (κ1) is 22.4. The maximum absolute atomic E-state index is 12.0. The number of ether oxygens (including phenoxy) is 2. The van der Waals surface area contributed by atoms with Crippen LogP contribution >= 0.6 is 0 Å². The van der Waals surface area contributed by atoms with Crippen molar-refractivity contribution >= 4 is 29.8 Å². The van der Waals surface area contributed by atoms with E-state index in [2.05, 4.69) is 10.6 Å². The van der Waals surface area contributed by atoms with Crippen molar-refractivity contribution in [3.05, 3.63) is 59.9 Å². The number of aryl methyl sites for hydroxylation is 1. The number of hydrogen-bond donors (Lipinski definition) is 2. The molecule has 0 aliphatic rings. The number of carbonyl (C=O) groups is 4. The third-order valence-corrected chi connectivity index (χ3v) is 4.03. The van der Waals surface area contributed by atoms with Crippen molar-refractivity contribution in [3.63, 3.8) is 0 Å². The van der Waals surface area contributed by atoms with Crippen LogP contribution < -0.4 is 15.4 Å². The zero-order chi connectivity index (χ0) is 22.1. The summed E-state index contributed by atoms with van der Waals surface area (Å²) < 4.78 is 11.4. The third-order valence-electron chi connectivity index (χ3n) is 4.03. The van der Waals surface area contributed by atoms with Gasteiger partial charge < -0.3 is 19.4 Å². The summed E-state index contributed by atoms with van der Waals surface area (Å²) in [5, 5.41) is 4.56. The summed E-state index contributed by atoms with van der Waals surface area (Å²) >= 11 is 0. The van der Waals surface area contributed by atoms with Crippen LogP contribution in [0.2, 0.25) is 0 Å². The standard InChI is InChI=1S/C21H23N3O6/c1-14(22-18(25)11-8-15-6-9-16(29-3)10-7-15)21(28)30-13-19(26)23-20(27)17-5-4-12-24(17)2/h4-12,14H,13H2,1-3H3,(H,22,25)(H,23,26,27)/b11-8+/t14-/m0/s1. The molecule has 0 unspecified atom stereocenters. The molecule has 9 nitrogen and oxygen atoms in total. The molecule has 1 aromatic carbocycles. The summed E-state index contributed by atoms with van der Waals surface area (Å²) in [6, 6.07) is 9.29. The molecular formula is C21H23N3O6. The molecule has 2 aromatic rings. The zero-order valence-corrected chi connectivity index (χ0v) is 16.9. The predicted molar refractivity (Wildman–Crippen MR) is 108 cm³/mol. The van der Waals surface area contributed by atoms with E-state index in [4.69, 9.17) is 9.47 Å². The molecule has 1 atom stereocenters. The second kappa shape index (κ2) is 10.6. The lowest BCUT2D eigenvalue weighted by molar-refractivity contribution is -0.150. The smallest absolute Gasteiger partial charge is 0.328 e. The van der Waals surface area contributed by atoms with Crippen molar-refractivity contribution in [2.75, 3.05) is 13.7 Å². The van der Waals surface area contributed by atoms with Gasteiger partial charge in [0.2, 0.25) is 5.91 Å². The Morgan fingerprint density at radius 1 is 1.13 bits per heavy atom. The molecular weight excluding hydrogens is 390 g/mol. The molecule has 0 fully saturated rings. The zero-order valence-electron chi connectivity index (χ0n) is 16.9. The van der Waals surface area contributed by atoms with Crippen LogP contribution in [-0.2, 0) is 26.2 Å². The van der Waals surface area contributed by atoms with Gasteiger partial charge in [-0.2, -0.15) is 0 Å². The van der Waals surface area contributed by atoms with Crippen LogP contribution in [0.5, 0.6) is 5.75 Å². The fraction of sp³-hybridized carbons (Fsp3) is 0.238. The fourth-order valence-electron chi connectivity index (χ4n) is 2.39. The molecule has 2 N–H and O–H groups in total. The van der Waals surface area contributed by atoms with Crippen LogP contribution in [0.3, 0.4) is 0 Å². The number of hydrogen-bond acceptors (Lipinski definition) is 6. The highest BCUT2D eigenvalue weighted by Crippen LogP contribution is 2.12. The number of nitrogens with zero attached hydrogens (tertiary/aromatic N) is 1. The lowest BCUT2D eigenvalue weighted by atomic mass is 10.2. The number of rotatable bonds is 8. The first-order chi connectivity index (χ1) is 14.3. The monoisotopic (exact) mass is 413 g/mol. The molecule has 0 spiro atoms. The van der Waals surface area contributed by atoms with Crippen LogP contribution in [0.4, 0.5) is 0 Å². The molecule has 0 radical (unpaired) electrons. The highest BCUT2D eigenvalue weighted by molar-refractivity contribution is 6.04. The average molecular weight is 413 g/mol. The van der Waals surface area contributed by atoms with Crippen molar-refractivity contribution in [1.29, 1.82) is 0 Å². The topological polar surface area (TPSA) is 116 Å². The molecule has 0 bridgehead atoms. The highest BCUT2D eigenvalue weighted by atomic mass is 16.5. The minimum Gasteiger partial charge on any atom is -0.497 e. The molecule has 3 amide bonds. The van der Waals surface area contributed by atoms with E-state index in [9.17, 15) is 19.2 Å². The van der Waals surface area contributed by atoms with E-state index in [1.54, 1.807) is 67.4 Å². The Morgan fingerprint density at radius 2 is 1.83 bits per heavy atom. The lowest BCUT2D eigenvalue weighted by Crippen LogP contribution is -2.41. The average Bonchev–Trinajstić information content (AvgIpc) is 3.16. The molecule has 0 aliphatic heterocycles. The minimum atomic E-state index is -0.977. The van der Waals surface area contributed by atoms with E-state index in [1.165, 1.54) is 13.0 Å². The van der Waals surface area contributed by atoms with E-state index in [0.717, 1.165) is 5.56 Å². The van der Waals surface area contributed by atoms with Crippen LogP contribution in [0.1, 0.15) is 23.0 Å². The van der Waals surface area contributed by atoms with Gasteiger partial charge in [-0.05, 0) is 42.8 Å². The third kappa shape index (κ3) is 6.62. The normalized spacial score (nSPS) is 11.6. The van der Waals surface area contributed by atoms with Crippen molar-refractivity contribution in [2.24, 2.45) is 7.05 Å². The largest absolute Gasteiger partial charge is 0.497 e. The van der Waals surface area contributed by atoms with Gasteiger partial charge in [0.15, 0.2) is 6.61 Å². The van der Waals surface area contributed by atoms with Gasteiger partial charge in [0.05, 0.1) is 7.11 Å². The number of nitrogens with one attached hydrogen (secondary N) is 2. The molecule has 2 rings (SSSR count). The Labute approximate surface area is 173 Å². The van der Waals surface area contributed by atoms with Crippen molar-refractivity contribution < 1.29 is 28.7 Å². The maximum Gasteiger partial charge on any atom is 0.328 e. The first-order valence-corrected chi connectivity index (χ1v) is 9.05. The molecule has 158 valence electrons. The number of benzene rings is 1. The molecule has 1 aromatic heterocycles. The summed E-state index contributed by atoms with van der Waals surface area (Å²) in [7, 11) is 3.22. The maximum atomic E-state index is 12.0. The van der Waals surface area contributed by atoms with Gasteiger partial charge in [0.1, 0.15) is 17.5 Å². The Balaban J connectivity index is 1.75. The Hall–Kier alpha value is -3.88. The first-order valence-electron chi connectivity index (χ1n) is 9.05. The number of amides is 3. The van der Waals surface area contributed by atoms with Crippen LogP contribution in [-0.4, -0.2) is 48.0 Å². The van der Waals surface area contributed by atoms with Gasteiger partial charge in [0.25, 0.3) is 11.8 Å². The second-order valence-corrected chi connectivity index (χ2v) is 6.33. The van der Waals surface area contributed by atoms with Crippen LogP contribution in [0.25, 0.3) is 6.08 Å². The summed E-state index contributed by atoms with van der Waals surface area (Å²) in [6.45, 7) is 0.783. The van der Waals surface area contributed by atoms with E-state index in [1.807, 2.05) is 0 Å². The quantitative estimate of drug-likeness (QED) is 0.494. The van der Waals surface area contributed by atoms with Gasteiger partial charge >= 0.3 is 5.97 Å². The Bertz CT molecular complexity index is 946. The molecule has 0 aliphatic carbocycles. The molecule has 0 saturated heterocycles. The minimum absolute atomic E-state index is 0.291. The van der Waals surface area contributed by atoms with Crippen LogP contribution in [0.15, 0.2) is 48.7 Å². The Kier molecular flexibility index (Phi) is 7.92. The lowest BCUT2D eigenvalue weighted by Gasteiger charge is -2.12. The summed E-state index contributed by atoms with van der Waals surface area (Å²) in [5.74, 6) is -1.98. The van der Waals surface area contributed by atoms with Crippen molar-refractivity contribution in [1.82, 2.24) is 15.2 Å². The van der Waals surface area contributed by atoms with Gasteiger partial charge in [-0.3, -0.25) is 19.7 Å². The summed E-state index contributed by atoms with van der Waals surface area (Å²) in [4.78, 5) is 47.6. The van der Waals surface area contributed by atoms with E-state index in [-0.39, 0.29) is 0 Å². The van der Waals surface area contributed by atoms with E-state index >= 15 is 0 Å². The Morgan fingerprint density at radius 3 is 2.43 bits per heavy atom. The molecule has 30 heavy (non-hydrogen) atoms. The van der Waals surface area contributed by atoms with Gasteiger partial charge in [-0.15, -0.1) is 0 Å². The van der Waals surface area contributed by atoms with E-state index in [0.29, 0.717) is 11.4 Å². The molecule has 0 saturated carbocycles. The van der Waals surface area contributed by atoms with Crippen molar-refractivity contribution in [3.8, 4) is 5.75 Å². The number of carbonyl (C=O) groups excluding carboxylic acids is 4. The number of esters is 1. The van der Waals surface area contributed by atoms with Gasteiger partial charge in [-0.1, -0.05) is 12.1 Å². The van der Waals surface area contributed by atoms with Gasteiger partial charge in [-0.25, -0.2) is 4.79 Å².